The Bertz CT molecular complexity index is 91.7. The van der Waals surface area contributed by atoms with Crippen LogP contribution in [0, 0.1) is 0 Å². The van der Waals surface area contributed by atoms with E-state index >= 15 is 0 Å². The molecular weight excluding hydrogens is 117 g/mol. The predicted octanol–water partition coefficient (Wildman–Crippen LogP) is 0.993. The van der Waals surface area contributed by atoms with Crippen LogP contribution in [0.4, 0.5) is 4.39 Å². The fourth-order valence-electron chi connectivity index (χ4n) is 0.320. The maximum atomic E-state index is 11.2. The van der Waals surface area contributed by atoms with E-state index in [0.29, 0.717) is 6.33 Å². The van der Waals surface area contributed by atoms with Crippen molar-refractivity contribution in [2.24, 2.45) is 5.73 Å². The largest absolute Gasteiger partial charge is 0.324 e. The molecule has 0 aromatic heterocycles. The van der Waals surface area contributed by atoms with Gasteiger partial charge < -0.3 is 5.73 Å². The molecule has 0 radical (unpaired) electrons. The lowest BCUT2D eigenvalue weighted by molar-refractivity contribution is 0.716. The van der Waals surface area contributed by atoms with Crippen LogP contribution < -0.4 is 5.73 Å². The van der Waals surface area contributed by atoms with Gasteiger partial charge in [-0.3, -0.25) is 0 Å². The molecule has 1 fully saturated rings. The minimum absolute atomic E-state index is 0. The second-order valence-corrected chi connectivity index (χ2v) is 1.49. The van der Waals surface area contributed by atoms with Crippen LogP contribution in [-0.4, -0.2) is 6.04 Å². The Kier molecular flexibility index (Phi) is 2.26. The Morgan fingerprint density at radius 1 is 1.86 bits per heavy atom. The standard InChI is InChI=1S/C4H6FN.ClH/c5-2-3-1-4(3)6;/h2,4H,1,6H2;1H. The Labute approximate surface area is 47.8 Å². The molecule has 3 heteroatoms. The molecule has 1 aliphatic carbocycles. The van der Waals surface area contributed by atoms with Gasteiger partial charge in [0.1, 0.15) is 0 Å². The maximum absolute atomic E-state index is 11.2. The van der Waals surface area contributed by atoms with Crippen molar-refractivity contribution in [3.8, 4) is 0 Å². The summed E-state index contributed by atoms with van der Waals surface area (Å²) in [5, 5.41) is 0. The van der Waals surface area contributed by atoms with Crippen molar-refractivity contribution in [2.45, 2.75) is 12.5 Å². The molecule has 0 bridgehead atoms. The maximum Gasteiger partial charge on any atom is 0.0875 e. The van der Waals surface area contributed by atoms with Crippen molar-refractivity contribution in [3.63, 3.8) is 0 Å². The molecule has 1 atom stereocenters. The van der Waals surface area contributed by atoms with E-state index < -0.39 is 0 Å². The first-order valence-corrected chi connectivity index (χ1v) is 1.89. The molecule has 1 aliphatic rings. The summed E-state index contributed by atoms with van der Waals surface area (Å²) in [6.45, 7) is 0. The second-order valence-electron chi connectivity index (χ2n) is 1.49. The average molecular weight is 124 g/mol. The first-order chi connectivity index (χ1) is 2.84. The monoisotopic (exact) mass is 123 g/mol. The van der Waals surface area contributed by atoms with Crippen LogP contribution in [0.2, 0.25) is 0 Å². The van der Waals surface area contributed by atoms with Gasteiger partial charge >= 0.3 is 0 Å². The average Bonchev–Trinajstić information content (AvgIpc) is 2.19. The highest BCUT2D eigenvalue weighted by molar-refractivity contribution is 5.85. The van der Waals surface area contributed by atoms with Crippen LogP contribution in [0.25, 0.3) is 0 Å². The van der Waals surface area contributed by atoms with Crippen LogP contribution in [0.5, 0.6) is 0 Å². The third-order valence-electron chi connectivity index (χ3n) is 0.912. The molecule has 1 unspecified atom stereocenters. The summed E-state index contributed by atoms with van der Waals surface area (Å²) in [6.07, 6.45) is 1.35. The van der Waals surface area contributed by atoms with Gasteiger partial charge in [0.2, 0.25) is 0 Å². The number of hydrogen-bond acceptors (Lipinski definition) is 1. The highest BCUT2D eigenvalue weighted by Gasteiger charge is 2.24. The normalized spacial score (nSPS) is 32.3. The van der Waals surface area contributed by atoms with Gasteiger partial charge in [-0.1, -0.05) is 0 Å². The molecule has 0 spiro atoms. The van der Waals surface area contributed by atoms with Gasteiger partial charge in [-0.15, -0.1) is 12.4 Å². The van der Waals surface area contributed by atoms with Gasteiger partial charge in [-0.05, 0) is 12.0 Å². The van der Waals surface area contributed by atoms with Crippen LogP contribution >= 0.6 is 12.4 Å². The molecule has 0 aliphatic heterocycles. The molecule has 0 amide bonds. The van der Waals surface area contributed by atoms with Crippen molar-refractivity contribution in [1.29, 1.82) is 0 Å². The molecule has 0 heterocycles. The molecule has 42 valence electrons. The minimum Gasteiger partial charge on any atom is -0.324 e. The van der Waals surface area contributed by atoms with Crippen LogP contribution in [-0.2, 0) is 0 Å². The molecular formula is C4H7ClFN. The molecule has 1 rings (SSSR count). The lowest BCUT2D eigenvalue weighted by atomic mass is 10.7. The van der Waals surface area contributed by atoms with E-state index in [0.717, 1.165) is 12.0 Å². The number of halogens is 2. The molecule has 1 nitrogen and oxygen atoms in total. The fourth-order valence-corrected chi connectivity index (χ4v) is 0.320. The lowest BCUT2D eigenvalue weighted by Crippen LogP contribution is -1.95. The van der Waals surface area contributed by atoms with E-state index in [9.17, 15) is 4.39 Å². The first kappa shape index (κ1) is 6.92. The first-order valence-electron chi connectivity index (χ1n) is 1.89. The van der Waals surface area contributed by atoms with E-state index in [1.54, 1.807) is 0 Å². The summed E-state index contributed by atoms with van der Waals surface area (Å²) in [5.41, 5.74) is 5.91. The molecule has 0 aromatic carbocycles. The van der Waals surface area contributed by atoms with Crippen LogP contribution in [0.3, 0.4) is 0 Å². The summed E-state index contributed by atoms with van der Waals surface area (Å²) in [4.78, 5) is 0. The molecule has 1 saturated carbocycles. The Morgan fingerprint density at radius 3 is 2.29 bits per heavy atom. The second kappa shape index (κ2) is 2.28. The topological polar surface area (TPSA) is 26.0 Å². The summed E-state index contributed by atoms with van der Waals surface area (Å²) in [5.74, 6) is 0. The van der Waals surface area contributed by atoms with E-state index in [2.05, 4.69) is 0 Å². The van der Waals surface area contributed by atoms with Gasteiger partial charge in [-0.2, -0.15) is 0 Å². The van der Waals surface area contributed by atoms with Crippen molar-refractivity contribution < 1.29 is 4.39 Å². The highest BCUT2D eigenvalue weighted by atomic mass is 35.5. The lowest BCUT2D eigenvalue weighted by Gasteiger charge is -1.64. The van der Waals surface area contributed by atoms with E-state index in [4.69, 9.17) is 5.73 Å². The van der Waals surface area contributed by atoms with Gasteiger partial charge in [-0.25, -0.2) is 4.39 Å². The number of rotatable bonds is 0. The highest BCUT2D eigenvalue weighted by Crippen LogP contribution is 2.25. The summed E-state index contributed by atoms with van der Waals surface area (Å²) < 4.78 is 11.2. The third kappa shape index (κ3) is 1.45. The zero-order chi connectivity index (χ0) is 4.57. The van der Waals surface area contributed by atoms with Crippen LogP contribution in [0.15, 0.2) is 11.9 Å². The zero-order valence-corrected chi connectivity index (χ0v) is 4.54. The van der Waals surface area contributed by atoms with Gasteiger partial charge in [0, 0.05) is 6.04 Å². The van der Waals surface area contributed by atoms with Gasteiger partial charge in [0.25, 0.3) is 0 Å². The molecule has 0 aromatic rings. The fraction of sp³-hybridized carbons (Fsp3) is 0.500. The molecule has 0 saturated heterocycles. The quantitative estimate of drug-likeness (QED) is 0.511. The minimum atomic E-state index is 0. The van der Waals surface area contributed by atoms with Gasteiger partial charge in [0.15, 0.2) is 0 Å². The SMILES string of the molecule is Cl.NC1CC1=CF. The van der Waals surface area contributed by atoms with Gasteiger partial charge in [0.05, 0.1) is 6.33 Å². The van der Waals surface area contributed by atoms with E-state index in [1.165, 1.54) is 0 Å². The Morgan fingerprint density at radius 2 is 2.29 bits per heavy atom. The Balaban J connectivity index is 0.000000360. The van der Waals surface area contributed by atoms with Crippen molar-refractivity contribution in [1.82, 2.24) is 0 Å². The van der Waals surface area contributed by atoms with E-state index in [1.807, 2.05) is 0 Å². The smallest absolute Gasteiger partial charge is 0.0875 e. The third-order valence-corrected chi connectivity index (χ3v) is 0.912. The number of hydrogen-bond donors (Lipinski definition) is 1. The molecule has 2 N–H and O–H groups in total. The number of nitrogens with two attached hydrogens (primary N) is 1. The summed E-state index contributed by atoms with van der Waals surface area (Å²) >= 11 is 0. The summed E-state index contributed by atoms with van der Waals surface area (Å²) in [7, 11) is 0. The van der Waals surface area contributed by atoms with E-state index in [-0.39, 0.29) is 18.4 Å². The predicted molar refractivity (Wildman–Crippen MR) is 29.0 cm³/mol. The molecule has 7 heavy (non-hydrogen) atoms. The van der Waals surface area contributed by atoms with Crippen molar-refractivity contribution in [3.05, 3.63) is 11.9 Å². The van der Waals surface area contributed by atoms with Crippen LogP contribution in [0.1, 0.15) is 6.42 Å². The van der Waals surface area contributed by atoms with Crippen molar-refractivity contribution in [2.75, 3.05) is 0 Å². The zero-order valence-electron chi connectivity index (χ0n) is 3.73. The van der Waals surface area contributed by atoms with Crippen molar-refractivity contribution >= 4 is 12.4 Å². The Hall–Kier alpha value is -0.0800. The summed E-state index contributed by atoms with van der Waals surface area (Å²) in [6, 6.07) is 0.0509.